The molecule has 0 heterocycles. The minimum atomic E-state index is 0.139. The Balaban J connectivity index is 1.64. The van der Waals surface area contributed by atoms with Crippen molar-refractivity contribution in [3.63, 3.8) is 0 Å². The fourth-order valence-electron chi connectivity index (χ4n) is 6.04. The summed E-state index contributed by atoms with van der Waals surface area (Å²) in [5.74, 6) is 3.05. The second-order valence-electron chi connectivity index (χ2n) is 8.36. The second kappa shape index (κ2) is 5.39. The maximum absolute atomic E-state index is 9.73. The van der Waals surface area contributed by atoms with Gasteiger partial charge in [0.1, 0.15) is 11.5 Å². The third-order valence-corrected chi connectivity index (χ3v) is 6.80. The molecule has 2 aromatic carbocycles. The summed E-state index contributed by atoms with van der Waals surface area (Å²) in [4.78, 5) is 0. The van der Waals surface area contributed by atoms with E-state index < -0.39 is 0 Å². The Morgan fingerprint density at radius 2 is 1.32 bits per heavy atom. The van der Waals surface area contributed by atoms with Crippen molar-refractivity contribution in [1.82, 2.24) is 0 Å². The fourth-order valence-corrected chi connectivity index (χ4v) is 6.04. The predicted octanol–water partition coefficient (Wildman–Crippen LogP) is 5.26. The molecule has 2 atom stereocenters. The topological polar surface area (TPSA) is 40.5 Å². The average molecular weight is 332 g/mol. The number of hydrogen-bond donors (Lipinski definition) is 2. The van der Waals surface area contributed by atoms with Crippen LogP contribution in [0.5, 0.6) is 11.5 Å². The monoisotopic (exact) mass is 332 g/mol. The molecule has 0 aromatic heterocycles. The molecule has 4 fully saturated rings. The Kier molecular flexibility index (Phi) is 3.25. The van der Waals surface area contributed by atoms with Gasteiger partial charge in [-0.15, -0.1) is 0 Å². The van der Waals surface area contributed by atoms with Crippen molar-refractivity contribution < 1.29 is 10.2 Å². The SMILES string of the molecule is Oc1ccc(/C=C2\C3CC4CC(C3)CC2(c2ccc(O)cc2)C4)cc1. The van der Waals surface area contributed by atoms with Crippen molar-refractivity contribution in [3.05, 3.63) is 65.2 Å². The molecule has 2 N–H and O–H groups in total. The van der Waals surface area contributed by atoms with Gasteiger partial charge in [-0.05, 0) is 85.3 Å². The van der Waals surface area contributed by atoms with Crippen molar-refractivity contribution in [1.29, 1.82) is 0 Å². The molecule has 2 heteroatoms. The molecule has 0 spiro atoms. The quantitative estimate of drug-likeness (QED) is 0.787. The van der Waals surface area contributed by atoms with Crippen LogP contribution in [-0.4, -0.2) is 10.2 Å². The van der Waals surface area contributed by atoms with Crippen LogP contribution in [0.1, 0.15) is 43.2 Å². The van der Waals surface area contributed by atoms with Gasteiger partial charge < -0.3 is 10.2 Å². The first kappa shape index (κ1) is 15.1. The Morgan fingerprint density at radius 3 is 1.92 bits per heavy atom. The molecule has 6 rings (SSSR count). The molecule has 4 bridgehead atoms. The molecule has 2 nitrogen and oxygen atoms in total. The third-order valence-electron chi connectivity index (χ3n) is 6.80. The van der Waals surface area contributed by atoms with E-state index in [0.717, 1.165) is 11.8 Å². The Morgan fingerprint density at radius 1 is 0.760 bits per heavy atom. The number of phenols is 2. The van der Waals surface area contributed by atoms with Gasteiger partial charge in [0.15, 0.2) is 0 Å². The van der Waals surface area contributed by atoms with E-state index in [9.17, 15) is 10.2 Å². The van der Waals surface area contributed by atoms with E-state index in [-0.39, 0.29) is 5.41 Å². The zero-order valence-corrected chi connectivity index (χ0v) is 14.4. The van der Waals surface area contributed by atoms with Crippen molar-refractivity contribution in [2.45, 2.75) is 37.5 Å². The predicted molar refractivity (Wildman–Crippen MR) is 99.4 cm³/mol. The van der Waals surface area contributed by atoms with Crippen LogP contribution in [0.15, 0.2) is 54.1 Å². The Bertz CT molecular complexity index is 802. The van der Waals surface area contributed by atoms with Crippen LogP contribution in [0.2, 0.25) is 0 Å². The second-order valence-corrected chi connectivity index (χ2v) is 8.36. The molecule has 0 saturated heterocycles. The minimum absolute atomic E-state index is 0.139. The molecule has 128 valence electrons. The van der Waals surface area contributed by atoms with Crippen LogP contribution in [-0.2, 0) is 5.41 Å². The largest absolute Gasteiger partial charge is 0.508 e. The van der Waals surface area contributed by atoms with Gasteiger partial charge in [-0.2, -0.15) is 0 Å². The van der Waals surface area contributed by atoms with Crippen molar-refractivity contribution in [3.8, 4) is 11.5 Å². The highest BCUT2D eigenvalue weighted by Crippen LogP contribution is 2.63. The number of hydrogen-bond acceptors (Lipinski definition) is 2. The van der Waals surface area contributed by atoms with Crippen molar-refractivity contribution in [2.75, 3.05) is 0 Å². The number of phenolic OH excluding ortho intramolecular Hbond substituents is 2. The molecule has 4 aliphatic carbocycles. The lowest BCUT2D eigenvalue weighted by Gasteiger charge is -2.59. The van der Waals surface area contributed by atoms with Crippen LogP contribution < -0.4 is 0 Å². The van der Waals surface area contributed by atoms with Gasteiger partial charge in [0.25, 0.3) is 0 Å². The highest BCUT2D eigenvalue weighted by Gasteiger charge is 2.54. The first-order valence-corrected chi connectivity index (χ1v) is 9.43. The minimum Gasteiger partial charge on any atom is -0.508 e. The summed E-state index contributed by atoms with van der Waals surface area (Å²) in [5, 5.41) is 19.3. The van der Waals surface area contributed by atoms with Gasteiger partial charge in [-0.3, -0.25) is 0 Å². The number of benzene rings is 2. The lowest BCUT2D eigenvalue weighted by atomic mass is 9.45. The smallest absolute Gasteiger partial charge is 0.115 e. The van der Waals surface area contributed by atoms with E-state index in [2.05, 4.69) is 18.2 Å². The van der Waals surface area contributed by atoms with Crippen molar-refractivity contribution >= 4 is 6.08 Å². The van der Waals surface area contributed by atoms with Crippen LogP contribution >= 0.6 is 0 Å². The van der Waals surface area contributed by atoms with Gasteiger partial charge in [0.05, 0.1) is 0 Å². The third kappa shape index (κ3) is 2.38. The molecule has 25 heavy (non-hydrogen) atoms. The van der Waals surface area contributed by atoms with Gasteiger partial charge in [-0.25, -0.2) is 0 Å². The van der Waals surface area contributed by atoms with Crippen LogP contribution in [0.25, 0.3) is 6.08 Å². The summed E-state index contributed by atoms with van der Waals surface area (Å²) in [6.45, 7) is 0. The number of rotatable bonds is 2. The molecule has 4 saturated carbocycles. The maximum atomic E-state index is 9.73. The van der Waals surface area contributed by atoms with Gasteiger partial charge >= 0.3 is 0 Å². The Hall–Kier alpha value is -2.22. The highest BCUT2D eigenvalue weighted by molar-refractivity contribution is 5.61. The van der Waals surface area contributed by atoms with Gasteiger partial charge in [0.2, 0.25) is 0 Å². The van der Waals surface area contributed by atoms with Crippen LogP contribution in [0, 0.1) is 17.8 Å². The van der Waals surface area contributed by atoms with E-state index in [4.69, 9.17) is 0 Å². The normalized spacial score (nSPS) is 34.6. The summed E-state index contributed by atoms with van der Waals surface area (Å²) >= 11 is 0. The zero-order chi connectivity index (χ0) is 17.0. The summed E-state index contributed by atoms with van der Waals surface area (Å²) in [7, 11) is 0. The molecular weight excluding hydrogens is 308 g/mol. The van der Waals surface area contributed by atoms with E-state index in [1.165, 1.54) is 43.2 Å². The molecule has 0 radical (unpaired) electrons. The molecular formula is C23H24O2. The van der Waals surface area contributed by atoms with E-state index in [1.54, 1.807) is 17.7 Å². The molecule has 2 unspecified atom stereocenters. The average Bonchev–Trinajstić information content (AvgIpc) is 2.60. The van der Waals surface area contributed by atoms with Crippen molar-refractivity contribution in [2.24, 2.45) is 17.8 Å². The molecule has 2 aromatic rings. The summed E-state index contributed by atoms with van der Waals surface area (Å²) in [6, 6.07) is 15.5. The number of allylic oxidation sites excluding steroid dienone is 1. The highest BCUT2D eigenvalue weighted by atomic mass is 16.3. The van der Waals surface area contributed by atoms with Gasteiger partial charge in [0, 0.05) is 5.41 Å². The standard InChI is InChI=1S/C23H24O2/c24-20-5-1-15(2-6-20)12-22-18-10-16-9-17(11-18)14-23(22,13-16)19-3-7-21(25)8-4-19/h1-8,12,16-18,24-25H,9-11,13-14H2/b22-12+. The summed E-state index contributed by atoms with van der Waals surface area (Å²) < 4.78 is 0. The molecule has 0 aliphatic heterocycles. The van der Waals surface area contributed by atoms with Crippen LogP contribution in [0.3, 0.4) is 0 Å². The zero-order valence-electron chi connectivity index (χ0n) is 14.4. The summed E-state index contributed by atoms with van der Waals surface area (Å²) in [6.07, 6.45) is 8.95. The molecule has 0 amide bonds. The number of aromatic hydroxyl groups is 2. The van der Waals surface area contributed by atoms with E-state index in [1.807, 2.05) is 24.3 Å². The maximum Gasteiger partial charge on any atom is 0.115 e. The summed E-state index contributed by atoms with van der Waals surface area (Å²) in [5.41, 5.74) is 4.27. The first-order chi connectivity index (χ1) is 12.1. The van der Waals surface area contributed by atoms with Crippen LogP contribution in [0.4, 0.5) is 0 Å². The first-order valence-electron chi connectivity index (χ1n) is 9.43. The molecule has 4 aliphatic rings. The lowest BCUT2D eigenvalue weighted by molar-refractivity contribution is 0.0480. The fraction of sp³-hybridized carbons (Fsp3) is 0.391. The van der Waals surface area contributed by atoms with E-state index in [0.29, 0.717) is 17.4 Å². The lowest BCUT2D eigenvalue weighted by Crippen LogP contribution is -2.50. The van der Waals surface area contributed by atoms with E-state index >= 15 is 0 Å². The van der Waals surface area contributed by atoms with Gasteiger partial charge in [-0.1, -0.05) is 35.9 Å². The Labute approximate surface area is 148 Å².